The van der Waals surface area contributed by atoms with Gasteiger partial charge in [-0.3, -0.25) is 14.5 Å². The lowest BCUT2D eigenvalue weighted by Crippen LogP contribution is -2.44. The summed E-state index contributed by atoms with van der Waals surface area (Å²) in [5.74, 6) is -0.553. The number of anilines is 1. The van der Waals surface area contributed by atoms with E-state index in [1.165, 1.54) is 13.2 Å². The molecule has 152 valence electrons. The Morgan fingerprint density at radius 3 is 2.59 bits per heavy atom. The number of carbonyl (C=O) groups excluding carboxylic acids is 3. The maximum absolute atomic E-state index is 13.2. The van der Waals surface area contributed by atoms with Crippen LogP contribution in [0.3, 0.4) is 0 Å². The molecule has 0 saturated carbocycles. The van der Waals surface area contributed by atoms with E-state index >= 15 is 0 Å². The first-order valence-electron chi connectivity index (χ1n) is 9.24. The van der Waals surface area contributed by atoms with Gasteiger partial charge in [0.25, 0.3) is 5.91 Å². The zero-order valence-electron chi connectivity index (χ0n) is 16.2. The number of urea groups is 1. The van der Waals surface area contributed by atoms with Gasteiger partial charge in [0.2, 0.25) is 5.91 Å². The fraction of sp³-hybridized carbons (Fsp3) is 0.286. The Hall–Kier alpha value is -3.06. The zero-order chi connectivity index (χ0) is 21.0. The van der Waals surface area contributed by atoms with Crippen molar-refractivity contribution >= 4 is 35.1 Å². The van der Waals surface area contributed by atoms with E-state index in [0.29, 0.717) is 34.9 Å². The quantitative estimate of drug-likeness (QED) is 0.677. The molecule has 1 fully saturated rings. The van der Waals surface area contributed by atoms with Crippen LogP contribution in [0.4, 0.5) is 10.5 Å². The molecule has 1 heterocycles. The summed E-state index contributed by atoms with van der Waals surface area (Å²) in [5.41, 5.74) is -0.110. The van der Waals surface area contributed by atoms with E-state index < -0.39 is 29.9 Å². The predicted octanol–water partition coefficient (Wildman–Crippen LogP) is 3.53. The Balaban J connectivity index is 1.81. The number of methoxy groups -OCH3 is 1. The third-order valence-corrected chi connectivity index (χ3v) is 5.04. The molecule has 0 radical (unpaired) electrons. The summed E-state index contributed by atoms with van der Waals surface area (Å²) in [6.07, 6.45) is 1.11. The zero-order valence-corrected chi connectivity index (χ0v) is 17.0. The van der Waals surface area contributed by atoms with Crippen LogP contribution in [0.5, 0.6) is 5.75 Å². The van der Waals surface area contributed by atoms with Crippen molar-refractivity contribution in [1.29, 1.82) is 0 Å². The van der Waals surface area contributed by atoms with Crippen molar-refractivity contribution in [3.8, 4) is 5.75 Å². The third-order valence-electron chi connectivity index (χ3n) is 4.80. The van der Waals surface area contributed by atoms with Crippen LogP contribution in [-0.4, -0.2) is 36.4 Å². The number of rotatable bonds is 7. The number of hydrogen-bond acceptors (Lipinski definition) is 4. The Morgan fingerprint density at radius 1 is 1.21 bits per heavy atom. The summed E-state index contributed by atoms with van der Waals surface area (Å²) in [5, 5.41) is 5.86. The number of imide groups is 1. The molecule has 1 aliphatic heterocycles. The summed E-state index contributed by atoms with van der Waals surface area (Å²) in [7, 11) is 1.47. The first kappa shape index (κ1) is 20.7. The molecule has 1 atom stereocenters. The van der Waals surface area contributed by atoms with Gasteiger partial charge in [-0.1, -0.05) is 55.3 Å². The second-order valence-electron chi connectivity index (χ2n) is 6.74. The van der Waals surface area contributed by atoms with Gasteiger partial charge in [0.05, 0.1) is 12.8 Å². The summed E-state index contributed by atoms with van der Waals surface area (Å²) >= 11 is 5.98. The Kier molecular flexibility index (Phi) is 6.08. The maximum Gasteiger partial charge on any atom is 0.325 e. The molecular formula is C21H22ClN3O4. The molecule has 0 spiro atoms. The van der Waals surface area contributed by atoms with E-state index in [4.69, 9.17) is 16.3 Å². The average molecular weight is 416 g/mol. The second kappa shape index (κ2) is 8.53. The van der Waals surface area contributed by atoms with Gasteiger partial charge in [-0.2, -0.15) is 0 Å². The number of ether oxygens (including phenoxy) is 1. The minimum absolute atomic E-state index is 0.361. The van der Waals surface area contributed by atoms with Crippen LogP contribution in [0.25, 0.3) is 0 Å². The van der Waals surface area contributed by atoms with E-state index in [1.54, 1.807) is 24.3 Å². The van der Waals surface area contributed by atoms with Crippen molar-refractivity contribution in [2.75, 3.05) is 19.0 Å². The molecule has 1 unspecified atom stereocenters. The highest BCUT2D eigenvalue weighted by Gasteiger charge is 2.52. The van der Waals surface area contributed by atoms with Crippen LogP contribution in [0.2, 0.25) is 5.02 Å². The SMILES string of the molecule is CCCC1(c2ccccc2)NC(=O)N(CC(=O)Nc2cc(Cl)ccc2OC)C1=O. The van der Waals surface area contributed by atoms with Gasteiger partial charge in [0.15, 0.2) is 0 Å². The second-order valence-corrected chi connectivity index (χ2v) is 7.17. The minimum atomic E-state index is -1.17. The molecule has 0 aliphatic carbocycles. The molecule has 1 aliphatic rings. The first-order valence-corrected chi connectivity index (χ1v) is 9.62. The Morgan fingerprint density at radius 2 is 1.93 bits per heavy atom. The van der Waals surface area contributed by atoms with Crippen molar-refractivity contribution in [2.24, 2.45) is 0 Å². The van der Waals surface area contributed by atoms with Gasteiger partial charge in [0, 0.05) is 5.02 Å². The highest BCUT2D eigenvalue weighted by atomic mass is 35.5. The summed E-state index contributed by atoms with van der Waals surface area (Å²) < 4.78 is 5.20. The van der Waals surface area contributed by atoms with E-state index in [0.717, 1.165) is 4.90 Å². The number of halogens is 1. The van der Waals surface area contributed by atoms with Crippen molar-refractivity contribution < 1.29 is 19.1 Å². The molecule has 7 nitrogen and oxygen atoms in total. The third kappa shape index (κ3) is 4.05. The predicted molar refractivity (Wildman–Crippen MR) is 110 cm³/mol. The smallest absolute Gasteiger partial charge is 0.325 e. The molecule has 1 saturated heterocycles. The van der Waals surface area contributed by atoms with Crippen LogP contribution < -0.4 is 15.4 Å². The standard InChI is InChI=1S/C21H22ClN3O4/c1-3-11-21(14-7-5-4-6-8-14)19(27)25(20(28)24-21)13-18(26)23-16-12-15(22)9-10-17(16)29-2/h4-10,12H,3,11,13H2,1-2H3,(H,23,26)(H,24,28). The van der Waals surface area contributed by atoms with Crippen molar-refractivity contribution in [1.82, 2.24) is 10.2 Å². The number of carbonyl (C=O) groups is 3. The lowest BCUT2D eigenvalue weighted by molar-refractivity contribution is -0.134. The van der Waals surface area contributed by atoms with Gasteiger partial charge >= 0.3 is 6.03 Å². The van der Waals surface area contributed by atoms with Crippen LogP contribution in [-0.2, 0) is 15.1 Å². The van der Waals surface area contributed by atoms with Gasteiger partial charge in [-0.15, -0.1) is 0 Å². The van der Waals surface area contributed by atoms with E-state index in [1.807, 2.05) is 25.1 Å². The summed E-state index contributed by atoms with van der Waals surface area (Å²) in [4.78, 5) is 39.3. The van der Waals surface area contributed by atoms with Gasteiger partial charge in [-0.25, -0.2) is 4.79 Å². The van der Waals surface area contributed by atoms with Crippen LogP contribution in [0.1, 0.15) is 25.3 Å². The fourth-order valence-electron chi connectivity index (χ4n) is 3.49. The van der Waals surface area contributed by atoms with Gasteiger partial charge in [0.1, 0.15) is 17.8 Å². The molecule has 3 rings (SSSR count). The molecule has 2 N–H and O–H groups in total. The van der Waals surface area contributed by atoms with Gasteiger partial charge in [-0.05, 0) is 30.2 Å². The van der Waals surface area contributed by atoms with Crippen molar-refractivity contribution in [2.45, 2.75) is 25.3 Å². The fourth-order valence-corrected chi connectivity index (χ4v) is 3.66. The lowest BCUT2D eigenvalue weighted by Gasteiger charge is -2.26. The molecule has 29 heavy (non-hydrogen) atoms. The highest BCUT2D eigenvalue weighted by Crippen LogP contribution is 2.34. The van der Waals surface area contributed by atoms with E-state index in [2.05, 4.69) is 10.6 Å². The molecule has 2 aromatic carbocycles. The van der Waals surface area contributed by atoms with E-state index in [-0.39, 0.29) is 0 Å². The molecule has 0 aromatic heterocycles. The summed E-state index contributed by atoms with van der Waals surface area (Å²) in [6.45, 7) is 1.52. The van der Waals surface area contributed by atoms with Crippen molar-refractivity contribution in [3.63, 3.8) is 0 Å². The number of hydrogen-bond donors (Lipinski definition) is 2. The van der Waals surface area contributed by atoms with Crippen molar-refractivity contribution in [3.05, 3.63) is 59.1 Å². The highest BCUT2D eigenvalue weighted by molar-refractivity contribution is 6.31. The first-order chi connectivity index (χ1) is 13.9. The maximum atomic E-state index is 13.2. The number of benzene rings is 2. The topological polar surface area (TPSA) is 87.7 Å². The minimum Gasteiger partial charge on any atom is -0.495 e. The molecule has 2 aromatic rings. The lowest BCUT2D eigenvalue weighted by atomic mass is 9.85. The Bertz CT molecular complexity index is 935. The molecular weight excluding hydrogens is 394 g/mol. The number of nitrogens with one attached hydrogen (secondary N) is 2. The van der Waals surface area contributed by atoms with Crippen LogP contribution >= 0.6 is 11.6 Å². The van der Waals surface area contributed by atoms with E-state index in [9.17, 15) is 14.4 Å². The Labute approximate surface area is 174 Å². The van der Waals surface area contributed by atoms with Gasteiger partial charge < -0.3 is 15.4 Å². The average Bonchev–Trinajstić information content (AvgIpc) is 2.94. The number of amides is 4. The molecule has 8 heteroatoms. The number of nitrogens with zero attached hydrogens (tertiary/aromatic N) is 1. The monoisotopic (exact) mass is 415 g/mol. The largest absolute Gasteiger partial charge is 0.495 e. The van der Waals surface area contributed by atoms with Crippen LogP contribution in [0, 0.1) is 0 Å². The molecule has 0 bridgehead atoms. The summed E-state index contributed by atoms with van der Waals surface area (Å²) in [6, 6.07) is 13.3. The van der Waals surface area contributed by atoms with Crippen LogP contribution in [0.15, 0.2) is 48.5 Å². The molecule has 4 amide bonds. The normalized spacial score (nSPS) is 18.5.